The number of carbonyl (C=O) groups is 1. The number of benzene rings is 2. The summed E-state index contributed by atoms with van der Waals surface area (Å²) in [5.41, 5.74) is 4.21. The number of phenols is 1. The van der Waals surface area contributed by atoms with Crippen molar-refractivity contribution < 1.29 is 19.4 Å². The number of phenolic OH excluding ortho intramolecular Hbond substituents is 1. The zero-order valence-electron chi connectivity index (χ0n) is 14.5. The molecule has 7 heteroatoms. The Labute approximate surface area is 150 Å². The maximum atomic E-state index is 12.3. The number of cyclic esters (lactones) is 1. The molecule has 26 heavy (non-hydrogen) atoms. The Kier molecular flexibility index (Phi) is 4.00. The number of H-pyrrole nitrogens is 1. The van der Waals surface area contributed by atoms with Gasteiger partial charge in [0.15, 0.2) is 0 Å². The zero-order valence-corrected chi connectivity index (χ0v) is 14.5. The van der Waals surface area contributed by atoms with Crippen LogP contribution in [0.2, 0.25) is 0 Å². The molecule has 134 valence electrons. The van der Waals surface area contributed by atoms with Crippen LogP contribution in [0.15, 0.2) is 36.4 Å². The Morgan fingerprint density at radius 1 is 1.31 bits per heavy atom. The number of rotatable bonds is 4. The van der Waals surface area contributed by atoms with Crippen molar-refractivity contribution in [2.24, 2.45) is 0 Å². The van der Waals surface area contributed by atoms with Crippen LogP contribution in [0.5, 0.6) is 5.75 Å². The summed E-state index contributed by atoms with van der Waals surface area (Å²) >= 11 is 0. The summed E-state index contributed by atoms with van der Waals surface area (Å²) in [6, 6.07) is 10.7. The molecule has 1 aromatic heterocycles. The fourth-order valence-electron chi connectivity index (χ4n) is 3.15. The number of imidazole rings is 1. The van der Waals surface area contributed by atoms with Crippen molar-refractivity contribution in [1.29, 1.82) is 0 Å². The average Bonchev–Trinajstić information content (AvgIpc) is 3.04. The molecule has 2 heterocycles. The van der Waals surface area contributed by atoms with Gasteiger partial charge < -0.3 is 19.6 Å². The highest BCUT2D eigenvalue weighted by molar-refractivity contribution is 5.95. The number of nitrogens with zero attached hydrogens (tertiary/aromatic N) is 2. The number of hydrogen-bond acceptors (Lipinski definition) is 5. The Balaban J connectivity index is 1.80. The van der Waals surface area contributed by atoms with E-state index in [1.54, 1.807) is 36.3 Å². The molecule has 1 aliphatic heterocycles. The van der Waals surface area contributed by atoms with Crippen molar-refractivity contribution in [3.8, 4) is 17.1 Å². The number of hydrogen-bond donors (Lipinski definition) is 2. The number of fused-ring (bicyclic) bond motifs is 2. The molecular formula is C19H19N3O4. The second-order valence-corrected chi connectivity index (χ2v) is 6.23. The summed E-state index contributed by atoms with van der Waals surface area (Å²) in [5, 5.41) is 9.45. The van der Waals surface area contributed by atoms with Crippen LogP contribution in [0, 0.1) is 0 Å². The largest absolute Gasteiger partial charge is 0.508 e. The quantitative estimate of drug-likeness (QED) is 0.748. The molecule has 3 aromatic rings. The number of anilines is 1. The second kappa shape index (κ2) is 6.34. The topological polar surface area (TPSA) is 87.7 Å². The smallest absolute Gasteiger partial charge is 0.414 e. The van der Waals surface area contributed by atoms with E-state index in [1.807, 2.05) is 19.1 Å². The van der Waals surface area contributed by atoms with Crippen LogP contribution in [-0.2, 0) is 9.47 Å². The molecule has 2 N–H and O–H groups in total. The molecule has 0 radical (unpaired) electrons. The summed E-state index contributed by atoms with van der Waals surface area (Å²) in [6.07, 6.45) is -0.711. The van der Waals surface area contributed by atoms with Gasteiger partial charge in [0.2, 0.25) is 0 Å². The van der Waals surface area contributed by atoms with Gasteiger partial charge in [-0.05, 0) is 43.3 Å². The number of amides is 1. The number of methoxy groups -OCH3 is 1. The monoisotopic (exact) mass is 353 g/mol. The van der Waals surface area contributed by atoms with Gasteiger partial charge in [-0.15, -0.1) is 0 Å². The van der Waals surface area contributed by atoms with Crippen LogP contribution < -0.4 is 4.90 Å². The van der Waals surface area contributed by atoms with Gasteiger partial charge in [-0.2, -0.15) is 0 Å². The van der Waals surface area contributed by atoms with Crippen LogP contribution in [0.3, 0.4) is 0 Å². The van der Waals surface area contributed by atoms with Crippen LogP contribution in [0.1, 0.15) is 18.6 Å². The first-order valence-electron chi connectivity index (χ1n) is 8.37. The van der Waals surface area contributed by atoms with Crippen molar-refractivity contribution >= 4 is 22.8 Å². The highest BCUT2D eigenvalue weighted by Gasteiger charge is 2.31. The minimum atomic E-state index is -0.379. The number of carbonyl (C=O) groups excluding carboxylic acids is 1. The third kappa shape index (κ3) is 2.76. The maximum Gasteiger partial charge on any atom is 0.414 e. The highest BCUT2D eigenvalue weighted by Crippen LogP contribution is 2.37. The molecule has 0 fully saturated rings. The number of nitrogens with one attached hydrogen (secondary N) is 1. The Morgan fingerprint density at radius 3 is 2.81 bits per heavy atom. The van der Waals surface area contributed by atoms with Gasteiger partial charge in [0.1, 0.15) is 17.7 Å². The van der Waals surface area contributed by atoms with Crippen LogP contribution in [0.25, 0.3) is 22.4 Å². The molecule has 1 unspecified atom stereocenters. The van der Waals surface area contributed by atoms with Crippen molar-refractivity contribution in [1.82, 2.24) is 9.97 Å². The third-order valence-electron chi connectivity index (χ3n) is 4.52. The summed E-state index contributed by atoms with van der Waals surface area (Å²) in [4.78, 5) is 21.8. The lowest BCUT2D eigenvalue weighted by Gasteiger charge is -2.32. The van der Waals surface area contributed by atoms with E-state index in [2.05, 4.69) is 9.97 Å². The molecule has 0 aliphatic carbocycles. The van der Waals surface area contributed by atoms with Gasteiger partial charge in [-0.25, -0.2) is 9.78 Å². The highest BCUT2D eigenvalue weighted by atomic mass is 16.6. The van der Waals surface area contributed by atoms with Gasteiger partial charge in [-0.3, -0.25) is 4.90 Å². The molecule has 1 atom stereocenters. The fraction of sp³-hybridized carbons (Fsp3) is 0.263. The van der Waals surface area contributed by atoms with Crippen molar-refractivity contribution in [3.63, 3.8) is 0 Å². The Morgan fingerprint density at radius 2 is 2.08 bits per heavy atom. The molecule has 1 amide bonds. The summed E-state index contributed by atoms with van der Waals surface area (Å²) in [5.74, 6) is 0.907. The lowest BCUT2D eigenvalue weighted by molar-refractivity contribution is 0.105. The maximum absolute atomic E-state index is 12.3. The van der Waals surface area contributed by atoms with E-state index in [-0.39, 0.29) is 17.9 Å². The summed E-state index contributed by atoms with van der Waals surface area (Å²) in [7, 11) is 1.60. The Hall–Kier alpha value is -3.06. The van der Waals surface area contributed by atoms with E-state index in [0.717, 1.165) is 27.8 Å². The molecule has 0 saturated carbocycles. The van der Waals surface area contributed by atoms with E-state index in [9.17, 15) is 9.90 Å². The molecule has 0 spiro atoms. The summed E-state index contributed by atoms with van der Waals surface area (Å²) in [6.45, 7) is 2.68. The molecule has 4 rings (SSSR count). The lowest BCUT2D eigenvalue weighted by atomic mass is 10.0. The Bertz CT molecular complexity index is 965. The third-order valence-corrected chi connectivity index (χ3v) is 4.52. The van der Waals surface area contributed by atoms with Gasteiger partial charge in [-0.1, -0.05) is 0 Å². The van der Waals surface area contributed by atoms with E-state index in [0.29, 0.717) is 19.0 Å². The molecule has 7 nitrogen and oxygen atoms in total. The van der Waals surface area contributed by atoms with Gasteiger partial charge in [0.25, 0.3) is 0 Å². The van der Waals surface area contributed by atoms with Crippen LogP contribution in [-0.4, -0.2) is 41.4 Å². The fourth-order valence-corrected chi connectivity index (χ4v) is 3.15. The van der Waals surface area contributed by atoms with E-state index < -0.39 is 0 Å². The minimum Gasteiger partial charge on any atom is -0.508 e. The van der Waals surface area contributed by atoms with Crippen LogP contribution >= 0.6 is 0 Å². The lowest BCUT2D eigenvalue weighted by Crippen LogP contribution is -2.39. The molecule has 0 saturated heterocycles. The van der Waals surface area contributed by atoms with Crippen LogP contribution in [0.4, 0.5) is 10.5 Å². The SMILES string of the molecule is COCCN1C(=O)OC(C)c2cc3[nH]c(-c4ccc(O)cc4)nc3cc21. The number of aromatic nitrogens is 2. The van der Waals surface area contributed by atoms with Crippen molar-refractivity contribution in [3.05, 3.63) is 42.0 Å². The molecule has 0 bridgehead atoms. The zero-order chi connectivity index (χ0) is 18.3. The number of aromatic hydroxyl groups is 1. The van der Waals surface area contributed by atoms with Gasteiger partial charge >= 0.3 is 6.09 Å². The van der Waals surface area contributed by atoms with Crippen molar-refractivity contribution in [2.45, 2.75) is 13.0 Å². The molecular weight excluding hydrogens is 334 g/mol. The van der Waals surface area contributed by atoms with E-state index in [1.165, 1.54) is 0 Å². The normalized spacial score (nSPS) is 16.6. The van der Waals surface area contributed by atoms with Crippen molar-refractivity contribution in [2.75, 3.05) is 25.2 Å². The number of ether oxygens (including phenoxy) is 2. The first-order valence-corrected chi connectivity index (χ1v) is 8.37. The second-order valence-electron chi connectivity index (χ2n) is 6.23. The average molecular weight is 353 g/mol. The molecule has 2 aromatic carbocycles. The first kappa shape index (κ1) is 16.4. The van der Waals surface area contributed by atoms with Gasteiger partial charge in [0.05, 0.1) is 29.9 Å². The predicted molar refractivity (Wildman–Crippen MR) is 97.3 cm³/mol. The van der Waals surface area contributed by atoms with E-state index in [4.69, 9.17) is 9.47 Å². The first-order chi connectivity index (χ1) is 12.6. The number of aromatic amines is 1. The molecule has 1 aliphatic rings. The predicted octanol–water partition coefficient (Wildman–Crippen LogP) is 3.60. The van der Waals surface area contributed by atoms with E-state index >= 15 is 0 Å². The summed E-state index contributed by atoms with van der Waals surface area (Å²) < 4.78 is 10.5. The van der Waals surface area contributed by atoms with Gasteiger partial charge in [0, 0.05) is 18.2 Å². The minimum absolute atomic E-state index is 0.207. The standard InChI is InChI=1S/C19H19N3O4/c1-11-14-9-15-16(10-17(14)22(7-8-25-2)19(24)26-11)21-18(20-15)12-3-5-13(23)6-4-12/h3-6,9-11,23H,7-8H2,1-2H3,(H,20,21).